The van der Waals surface area contributed by atoms with Gasteiger partial charge in [-0.2, -0.15) is 0 Å². The lowest BCUT2D eigenvalue weighted by Crippen LogP contribution is -2.18. The summed E-state index contributed by atoms with van der Waals surface area (Å²) in [7, 11) is 1.62. The molecule has 0 saturated carbocycles. The molecule has 0 radical (unpaired) electrons. The molecule has 0 aliphatic rings. The smallest absolute Gasteiger partial charge is 0.158 e. The second-order valence-electron chi connectivity index (χ2n) is 5.03. The van der Waals surface area contributed by atoms with E-state index in [4.69, 9.17) is 10.6 Å². The van der Waals surface area contributed by atoms with Crippen molar-refractivity contribution in [1.29, 1.82) is 0 Å². The molecule has 20 heavy (non-hydrogen) atoms. The zero-order valence-electron chi connectivity index (χ0n) is 12.8. The molecule has 1 aromatic rings. The molecule has 0 aliphatic carbocycles. The number of nitrogen functional groups attached to an aromatic ring is 1. The van der Waals surface area contributed by atoms with Gasteiger partial charge in [0.15, 0.2) is 5.82 Å². The molecule has 1 aromatic heterocycles. The number of nitrogens with two attached hydrogens (primary N) is 1. The molecular formula is C14H27N5O. The van der Waals surface area contributed by atoms with E-state index in [9.17, 15) is 0 Å². The van der Waals surface area contributed by atoms with Gasteiger partial charge in [-0.15, -0.1) is 0 Å². The summed E-state index contributed by atoms with van der Waals surface area (Å²) in [5, 5.41) is 3.39. The summed E-state index contributed by atoms with van der Waals surface area (Å²) in [5.41, 5.74) is 2.55. The average Bonchev–Trinajstić information content (AvgIpc) is 2.43. The summed E-state index contributed by atoms with van der Waals surface area (Å²) in [6.45, 7) is 4.76. The molecule has 1 atom stereocenters. The Morgan fingerprint density at radius 3 is 2.65 bits per heavy atom. The number of nitrogens with zero attached hydrogens (tertiary/aromatic N) is 2. The van der Waals surface area contributed by atoms with E-state index >= 15 is 0 Å². The molecule has 0 bridgehead atoms. The minimum absolute atomic E-state index is 0.370. The molecule has 0 spiro atoms. The van der Waals surface area contributed by atoms with Crippen LogP contribution in [0.1, 0.15) is 51.8 Å². The van der Waals surface area contributed by atoms with Crippen molar-refractivity contribution in [3.8, 4) is 0 Å². The largest absolute Gasteiger partial charge is 0.377 e. The minimum Gasteiger partial charge on any atom is -0.377 e. The van der Waals surface area contributed by atoms with E-state index in [1.807, 2.05) is 6.07 Å². The standard InChI is InChI=1S/C14H27N5O/c1-4-5-6-7-8-11(2)16-12-9-13(19-15)18-14(17-12)10-20-3/h9,11H,4-8,10,15H2,1-3H3,(H2,16,17,18,19). The number of hydrogen-bond acceptors (Lipinski definition) is 6. The zero-order valence-corrected chi connectivity index (χ0v) is 12.8. The van der Waals surface area contributed by atoms with E-state index in [0.29, 0.717) is 24.3 Å². The molecule has 0 fully saturated rings. The van der Waals surface area contributed by atoms with Crippen LogP contribution in [-0.4, -0.2) is 23.1 Å². The Labute approximate surface area is 121 Å². The number of methoxy groups -OCH3 is 1. The molecule has 1 unspecified atom stereocenters. The van der Waals surface area contributed by atoms with Crippen molar-refractivity contribution in [1.82, 2.24) is 9.97 Å². The summed E-state index contributed by atoms with van der Waals surface area (Å²) in [6.07, 6.45) is 6.23. The number of anilines is 2. The molecular weight excluding hydrogens is 254 g/mol. The summed E-state index contributed by atoms with van der Waals surface area (Å²) in [5.74, 6) is 7.40. The molecule has 1 rings (SSSR count). The first-order chi connectivity index (χ1) is 9.69. The highest BCUT2D eigenvalue weighted by molar-refractivity contribution is 5.47. The molecule has 114 valence electrons. The molecule has 4 N–H and O–H groups in total. The van der Waals surface area contributed by atoms with Gasteiger partial charge in [0.05, 0.1) is 0 Å². The fourth-order valence-electron chi connectivity index (χ4n) is 2.04. The minimum atomic E-state index is 0.370. The van der Waals surface area contributed by atoms with E-state index in [1.54, 1.807) is 7.11 Å². The molecule has 0 aromatic carbocycles. The van der Waals surface area contributed by atoms with Crippen LogP contribution in [-0.2, 0) is 11.3 Å². The van der Waals surface area contributed by atoms with Crippen LogP contribution in [0.3, 0.4) is 0 Å². The third kappa shape index (κ3) is 6.16. The van der Waals surface area contributed by atoms with Gasteiger partial charge in [-0.1, -0.05) is 32.6 Å². The number of rotatable bonds is 10. The maximum atomic E-state index is 5.42. The van der Waals surface area contributed by atoms with Crippen LogP contribution in [0.4, 0.5) is 11.6 Å². The van der Waals surface area contributed by atoms with Crippen LogP contribution in [0.15, 0.2) is 6.07 Å². The van der Waals surface area contributed by atoms with Crippen LogP contribution in [0.2, 0.25) is 0 Å². The SMILES string of the molecule is CCCCCCC(C)Nc1cc(NN)nc(COC)n1. The van der Waals surface area contributed by atoms with Gasteiger partial charge in [0.1, 0.15) is 18.2 Å². The summed E-state index contributed by atoms with van der Waals surface area (Å²) in [6, 6.07) is 2.18. The van der Waals surface area contributed by atoms with Crippen LogP contribution >= 0.6 is 0 Å². The van der Waals surface area contributed by atoms with Crippen LogP contribution in [0.5, 0.6) is 0 Å². The predicted molar refractivity (Wildman–Crippen MR) is 82.4 cm³/mol. The van der Waals surface area contributed by atoms with Gasteiger partial charge < -0.3 is 15.5 Å². The van der Waals surface area contributed by atoms with Crippen LogP contribution in [0.25, 0.3) is 0 Å². The van der Waals surface area contributed by atoms with Gasteiger partial charge in [0.25, 0.3) is 0 Å². The third-order valence-electron chi connectivity index (χ3n) is 3.08. The molecule has 1 heterocycles. The van der Waals surface area contributed by atoms with Gasteiger partial charge in [-0.3, -0.25) is 0 Å². The van der Waals surface area contributed by atoms with E-state index in [1.165, 1.54) is 25.7 Å². The molecule has 0 aliphatic heterocycles. The Morgan fingerprint density at radius 1 is 1.25 bits per heavy atom. The van der Waals surface area contributed by atoms with Gasteiger partial charge in [-0.25, -0.2) is 15.8 Å². The first-order valence-corrected chi connectivity index (χ1v) is 7.29. The number of ether oxygens (including phenoxy) is 1. The van der Waals surface area contributed by atoms with Crippen molar-refractivity contribution >= 4 is 11.6 Å². The zero-order chi connectivity index (χ0) is 14.8. The van der Waals surface area contributed by atoms with Crippen LogP contribution in [0, 0.1) is 0 Å². The van der Waals surface area contributed by atoms with Gasteiger partial charge in [-0.05, 0) is 13.3 Å². The van der Waals surface area contributed by atoms with Crippen molar-refractivity contribution in [3.05, 3.63) is 11.9 Å². The lowest BCUT2D eigenvalue weighted by molar-refractivity contribution is 0.178. The number of nitrogens with one attached hydrogen (secondary N) is 2. The second-order valence-corrected chi connectivity index (χ2v) is 5.03. The van der Waals surface area contributed by atoms with Crippen molar-refractivity contribution < 1.29 is 4.74 Å². The normalized spacial score (nSPS) is 12.2. The lowest BCUT2D eigenvalue weighted by Gasteiger charge is -2.15. The Balaban J connectivity index is 2.54. The first kappa shape index (κ1) is 16.7. The summed E-state index contributed by atoms with van der Waals surface area (Å²) in [4.78, 5) is 8.64. The Kier molecular flexibility index (Phi) is 7.91. The fraction of sp³-hybridized carbons (Fsp3) is 0.714. The topological polar surface area (TPSA) is 85.1 Å². The second kappa shape index (κ2) is 9.50. The third-order valence-corrected chi connectivity index (χ3v) is 3.08. The lowest BCUT2D eigenvalue weighted by atomic mass is 10.1. The van der Waals surface area contributed by atoms with Crippen molar-refractivity contribution in [2.75, 3.05) is 17.9 Å². The first-order valence-electron chi connectivity index (χ1n) is 7.29. The monoisotopic (exact) mass is 281 g/mol. The van der Waals surface area contributed by atoms with Gasteiger partial charge >= 0.3 is 0 Å². The Bertz CT molecular complexity index is 386. The van der Waals surface area contributed by atoms with Crippen LogP contribution < -0.4 is 16.6 Å². The average molecular weight is 281 g/mol. The van der Waals surface area contributed by atoms with Gasteiger partial charge in [0.2, 0.25) is 0 Å². The van der Waals surface area contributed by atoms with E-state index in [-0.39, 0.29) is 0 Å². The van der Waals surface area contributed by atoms with Crippen molar-refractivity contribution in [2.45, 2.75) is 58.6 Å². The summed E-state index contributed by atoms with van der Waals surface area (Å²) < 4.78 is 5.06. The molecule has 0 saturated heterocycles. The highest BCUT2D eigenvalue weighted by Crippen LogP contribution is 2.14. The molecule has 6 heteroatoms. The molecule has 0 amide bonds. The van der Waals surface area contributed by atoms with E-state index in [0.717, 1.165) is 12.2 Å². The van der Waals surface area contributed by atoms with Crippen molar-refractivity contribution in [3.63, 3.8) is 0 Å². The van der Waals surface area contributed by atoms with E-state index < -0.39 is 0 Å². The Morgan fingerprint density at radius 2 is 2.00 bits per heavy atom. The highest BCUT2D eigenvalue weighted by Gasteiger charge is 2.07. The maximum absolute atomic E-state index is 5.42. The van der Waals surface area contributed by atoms with E-state index in [2.05, 4.69) is 34.6 Å². The summed E-state index contributed by atoms with van der Waals surface area (Å²) >= 11 is 0. The number of hydrazine groups is 1. The predicted octanol–water partition coefficient (Wildman–Crippen LogP) is 2.68. The number of unbranched alkanes of at least 4 members (excludes halogenated alkanes) is 3. The highest BCUT2D eigenvalue weighted by atomic mass is 16.5. The fourth-order valence-corrected chi connectivity index (χ4v) is 2.04. The quantitative estimate of drug-likeness (QED) is 0.347. The number of hydrogen-bond donors (Lipinski definition) is 3. The van der Waals surface area contributed by atoms with Crippen molar-refractivity contribution in [2.24, 2.45) is 5.84 Å². The Hall–Kier alpha value is -1.40. The molecule has 6 nitrogen and oxygen atoms in total. The van der Waals surface area contributed by atoms with Gasteiger partial charge in [0, 0.05) is 19.2 Å². The maximum Gasteiger partial charge on any atom is 0.158 e. The number of aromatic nitrogens is 2.